The second-order valence-electron chi connectivity index (χ2n) is 2.92. The first-order chi connectivity index (χ1) is 7.01. The lowest BCUT2D eigenvalue weighted by molar-refractivity contribution is -0.147. The molecule has 0 saturated carbocycles. The van der Waals surface area contributed by atoms with Crippen LogP contribution in [0.4, 0.5) is 13.2 Å². The van der Waals surface area contributed by atoms with E-state index in [1.165, 1.54) is 7.11 Å². The number of benzene rings is 1. The Morgan fingerprint density at radius 2 is 1.87 bits per heavy atom. The predicted octanol–water partition coefficient (Wildman–Crippen LogP) is 3.70. The Bertz CT molecular complexity index is 286. The van der Waals surface area contributed by atoms with E-state index in [1.807, 2.05) is 6.07 Å². The second-order valence-corrected chi connectivity index (χ2v) is 4.15. The molecule has 0 bridgehead atoms. The summed E-state index contributed by atoms with van der Waals surface area (Å²) < 4.78 is 41.1. The molecule has 1 atom stereocenters. The molecule has 0 aliphatic rings. The van der Waals surface area contributed by atoms with Crippen molar-refractivity contribution in [3.05, 3.63) is 30.3 Å². The Balaban J connectivity index is 2.55. The predicted molar refractivity (Wildman–Crippen MR) is 53.8 cm³/mol. The van der Waals surface area contributed by atoms with Gasteiger partial charge < -0.3 is 4.74 Å². The quantitative estimate of drug-likeness (QED) is 0.582. The Morgan fingerprint density at radius 1 is 1.27 bits per heavy atom. The molecule has 5 heteroatoms. The Kier molecular flexibility index (Phi) is 4.47. The fourth-order valence-electron chi connectivity index (χ4n) is 1.01. The fraction of sp³-hybridized carbons (Fsp3) is 0.400. The first-order valence-corrected chi connectivity index (χ1v) is 5.20. The van der Waals surface area contributed by atoms with Crippen molar-refractivity contribution in [3.63, 3.8) is 0 Å². The lowest BCUT2D eigenvalue weighted by Crippen LogP contribution is -2.18. The maximum absolute atomic E-state index is 12.1. The van der Waals surface area contributed by atoms with E-state index in [0.29, 0.717) is 0 Å². The molecule has 0 aliphatic carbocycles. The fourth-order valence-corrected chi connectivity index (χ4v) is 2.00. The van der Waals surface area contributed by atoms with Gasteiger partial charge in [0.15, 0.2) is 0 Å². The van der Waals surface area contributed by atoms with Crippen molar-refractivity contribution in [3.8, 4) is 0 Å². The molecule has 0 aliphatic heterocycles. The summed E-state index contributed by atoms with van der Waals surface area (Å²) in [5.41, 5.74) is -0.882. The van der Waals surface area contributed by atoms with E-state index >= 15 is 0 Å². The number of thioether (sulfide) groups is 1. The van der Waals surface area contributed by atoms with Crippen molar-refractivity contribution in [1.29, 1.82) is 0 Å². The largest absolute Gasteiger partial charge is 0.392 e. The smallest absolute Gasteiger partial charge is 0.370 e. The molecule has 0 fully saturated rings. The highest BCUT2D eigenvalue weighted by atomic mass is 32.2. The highest BCUT2D eigenvalue weighted by Gasteiger charge is 2.32. The van der Waals surface area contributed by atoms with Gasteiger partial charge in [0.05, 0.1) is 6.42 Å². The third-order valence-corrected chi connectivity index (χ3v) is 2.84. The van der Waals surface area contributed by atoms with E-state index in [9.17, 15) is 13.2 Å². The van der Waals surface area contributed by atoms with Crippen LogP contribution in [-0.2, 0) is 4.74 Å². The van der Waals surface area contributed by atoms with Gasteiger partial charge in [-0.1, -0.05) is 30.0 Å². The van der Waals surface area contributed by atoms with E-state index in [4.69, 9.17) is 4.74 Å². The molecule has 1 nitrogen and oxygen atoms in total. The van der Waals surface area contributed by atoms with Crippen molar-refractivity contribution in [1.82, 2.24) is 0 Å². The maximum Gasteiger partial charge on any atom is 0.392 e. The molecule has 1 rings (SSSR count). The van der Waals surface area contributed by atoms with Crippen LogP contribution in [0.1, 0.15) is 6.42 Å². The van der Waals surface area contributed by atoms with E-state index in [1.54, 1.807) is 24.3 Å². The molecule has 0 N–H and O–H groups in total. The van der Waals surface area contributed by atoms with Crippen LogP contribution in [0.2, 0.25) is 0 Å². The molecular weight excluding hydrogens is 225 g/mol. The van der Waals surface area contributed by atoms with Crippen LogP contribution >= 0.6 is 11.8 Å². The van der Waals surface area contributed by atoms with Gasteiger partial charge in [0.2, 0.25) is 0 Å². The summed E-state index contributed by atoms with van der Waals surface area (Å²) >= 11 is 1.07. The van der Waals surface area contributed by atoms with Gasteiger partial charge in [-0.05, 0) is 12.1 Å². The topological polar surface area (TPSA) is 9.23 Å². The molecule has 15 heavy (non-hydrogen) atoms. The maximum atomic E-state index is 12.1. The Morgan fingerprint density at radius 3 is 2.33 bits per heavy atom. The number of alkyl halides is 3. The van der Waals surface area contributed by atoms with Crippen molar-refractivity contribution >= 4 is 11.8 Å². The molecule has 1 aromatic rings. The van der Waals surface area contributed by atoms with Crippen molar-refractivity contribution < 1.29 is 17.9 Å². The van der Waals surface area contributed by atoms with Gasteiger partial charge in [-0.15, -0.1) is 0 Å². The first-order valence-electron chi connectivity index (χ1n) is 4.32. The van der Waals surface area contributed by atoms with E-state index < -0.39 is 18.0 Å². The van der Waals surface area contributed by atoms with Gasteiger partial charge in [0.25, 0.3) is 0 Å². The Hall–Kier alpha value is -0.680. The van der Waals surface area contributed by atoms with Crippen LogP contribution in [0.5, 0.6) is 0 Å². The van der Waals surface area contributed by atoms with Gasteiger partial charge in [-0.25, -0.2) is 0 Å². The van der Waals surface area contributed by atoms with Gasteiger partial charge >= 0.3 is 6.18 Å². The van der Waals surface area contributed by atoms with Crippen LogP contribution in [-0.4, -0.2) is 18.7 Å². The molecule has 0 amide bonds. The van der Waals surface area contributed by atoms with Gasteiger partial charge in [-0.2, -0.15) is 13.2 Å². The average molecular weight is 236 g/mol. The number of rotatable bonds is 4. The molecule has 1 aromatic carbocycles. The highest BCUT2D eigenvalue weighted by Crippen LogP contribution is 2.32. The molecule has 0 radical (unpaired) electrons. The van der Waals surface area contributed by atoms with Crippen LogP contribution in [0.15, 0.2) is 35.2 Å². The van der Waals surface area contributed by atoms with Gasteiger partial charge in [0.1, 0.15) is 5.44 Å². The molecule has 84 valence electrons. The summed E-state index contributed by atoms with van der Waals surface area (Å²) in [6, 6.07) is 8.89. The summed E-state index contributed by atoms with van der Waals surface area (Å²) in [6.45, 7) is 0. The van der Waals surface area contributed by atoms with E-state index in [0.717, 1.165) is 16.7 Å². The highest BCUT2D eigenvalue weighted by molar-refractivity contribution is 7.99. The lowest BCUT2D eigenvalue weighted by Gasteiger charge is -2.16. The zero-order valence-electron chi connectivity index (χ0n) is 8.12. The minimum Gasteiger partial charge on any atom is -0.370 e. The van der Waals surface area contributed by atoms with Crippen molar-refractivity contribution in [2.75, 3.05) is 7.11 Å². The van der Waals surface area contributed by atoms with Gasteiger partial charge in [-0.3, -0.25) is 0 Å². The summed E-state index contributed by atoms with van der Waals surface area (Å²) in [6.07, 6.45) is -5.13. The third kappa shape index (κ3) is 5.09. The van der Waals surface area contributed by atoms with Crippen LogP contribution in [0, 0.1) is 0 Å². The van der Waals surface area contributed by atoms with Crippen LogP contribution in [0.25, 0.3) is 0 Å². The monoisotopic (exact) mass is 236 g/mol. The minimum atomic E-state index is -4.19. The normalized spacial score (nSPS) is 13.9. The third-order valence-electron chi connectivity index (χ3n) is 1.67. The van der Waals surface area contributed by atoms with E-state index in [-0.39, 0.29) is 0 Å². The second kappa shape index (κ2) is 5.42. The van der Waals surface area contributed by atoms with Gasteiger partial charge in [0, 0.05) is 12.0 Å². The van der Waals surface area contributed by atoms with E-state index in [2.05, 4.69) is 0 Å². The van der Waals surface area contributed by atoms with Crippen LogP contribution in [0.3, 0.4) is 0 Å². The Labute approximate surface area is 90.6 Å². The summed E-state index contributed by atoms with van der Waals surface area (Å²) in [5, 5.41) is 0. The average Bonchev–Trinajstić information content (AvgIpc) is 2.16. The summed E-state index contributed by atoms with van der Waals surface area (Å²) in [7, 11) is 1.28. The number of hydrogen-bond acceptors (Lipinski definition) is 2. The first kappa shape index (κ1) is 12.4. The van der Waals surface area contributed by atoms with Crippen molar-refractivity contribution in [2.45, 2.75) is 22.9 Å². The zero-order chi connectivity index (χ0) is 11.3. The van der Waals surface area contributed by atoms with Crippen LogP contribution < -0.4 is 0 Å². The lowest BCUT2D eigenvalue weighted by atomic mass is 10.4. The standard InChI is InChI=1S/C10H11F3OS/c1-14-9(7-10(11,12)13)15-8-5-3-2-4-6-8/h2-6,9H,7H2,1H3. The minimum absolute atomic E-state index is 0.772. The molecule has 0 saturated heterocycles. The number of hydrogen-bond donors (Lipinski definition) is 0. The molecule has 0 aromatic heterocycles. The SMILES string of the molecule is COC(CC(F)(F)F)Sc1ccccc1. The molecule has 1 unspecified atom stereocenters. The number of methoxy groups -OCH3 is 1. The zero-order valence-corrected chi connectivity index (χ0v) is 8.94. The summed E-state index contributed by atoms with van der Waals surface area (Å²) in [4.78, 5) is 0.772. The molecule has 0 heterocycles. The van der Waals surface area contributed by atoms with Crippen molar-refractivity contribution in [2.24, 2.45) is 0 Å². The number of halogens is 3. The number of ether oxygens (including phenoxy) is 1. The summed E-state index contributed by atoms with van der Waals surface area (Å²) in [5.74, 6) is 0. The molecular formula is C10H11F3OS. The molecule has 0 spiro atoms.